The summed E-state index contributed by atoms with van der Waals surface area (Å²) in [7, 11) is 0. The number of esters is 1. The van der Waals surface area contributed by atoms with Gasteiger partial charge in [0.25, 0.3) is 0 Å². The molecule has 1 fully saturated rings. The first kappa shape index (κ1) is 47.6. The molecular formula is C46H84O5. The highest BCUT2D eigenvalue weighted by atomic mass is 16.6. The van der Waals surface area contributed by atoms with Crippen molar-refractivity contribution in [3.05, 3.63) is 0 Å². The fourth-order valence-electron chi connectivity index (χ4n) is 7.58. The van der Waals surface area contributed by atoms with Crippen molar-refractivity contribution in [1.82, 2.24) is 0 Å². The first-order valence-corrected chi connectivity index (χ1v) is 21.9. The number of carbonyl (C=O) groups is 2. The molecule has 0 heterocycles. The van der Waals surface area contributed by atoms with E-state index in [-0.39, 0.29) is 41.4 Å². The van der Waals surface area contributed by atoms with Crippen molar-refractivity contribution in [3.63, 3.8) is 0 Å². The van der Waals surface area contributed by atoms with Gasteiger partial charge >= 0.3 is 5.97 Å². The van der Waals surface area contributed by atoms with Crippen molar-refractivity contribution in [1.29, 1.82) is 0 Å². The molecule has 0 spiro atoms. The van der Waals surface area contributed by atoms with Crippen molar-refractivity contribution >= 4 is 11.8 Å². The second kappa shape index (κ2) is 28.1. The lowest BCUT2D eigenvalue weighted by molar-refractivity contribution is -0.168. The van der Waals surface area contributed by atoms with E-state index in [1.54, 1.807) is 0 Å². The summed E-state index contributed by atoms with van der Waals surface area (Å²) in [5.41, 5.74) is -0.500. The number of carbonyl (C=O) groups excluding carboxylic acids is 2. The largest absolute Gasteiger partial charge is 0.460 e. The van der Waals surface area contributed by atoms with Crippen LogP contribution in [0.25, 0.3) is 0 Å². The first-order chi connectivity index (χ1) is 24.3. The number of ether oxygens (including phenoxy) is 3. The van der Waals surface area contributed by atoms with Crippen LogP contribution in [-0.2, 0) is 23.8 Å². The average molecular weight is 717 g/mol. The molecule has 0 amide bonds. The minimum absolute atomic E-state index is 0.0653. The molecule has 4 unspecified atom stereocenters. The molecule has 0 aromatic rings. The Morgan fingerprint density at radius 1 is 0.686 bits per heavy atom. The van der Waals surface area contributed by atoms with Crippen molar-refractivity contribution in [2.45, 2.75) is 259 Å². The van der Waals surface area contributed by atoms with Crippen molar-refractivity contribution in [3.8, 4) is 11.8 Å². The van der Waals surface area contributed by atoms with Gasteiger partial charge in [0.15, 0.2) is 0 Å². The van der Waals surface area contributed by atoms with E-state index in [0.29, 0.717) is 24.5 Å². The zero-order valence-electron chi connectivity index (χ0n) is 35.3. The number of ketones is 1. The minimum Gasteiger partial charge on any atom is -0.460 e. The standard InChI is InChI=1S/C46H84O5/c1-10-13-15-16-17-18-19-20-21-22-23-28-32-43(42(12-3)51-46(7,8)9)49-44(48)33-29-25-24-27-31-40-38(35-37-41(40)47)34-36-39(30-26-14-11-2)50-45(4,5)6/h38-40,42-43H,10-25,27-29,31-37H2,1-9H3/t38-,39?,40?,42?,43?/m0/s1. The Morgan fingerprint density at radius 3 is 1.82 bits per heavy atom. The molecule has 0 aromatic heterocycles. The third kappa shape index (κ3) is 25.3. The van der Waals surface area contributed by atoms with Crippen LogP contribution >= 0.6 is 0 Å². The molecule has 0 N–H and O–H groups in total. The molecule has 0 saturated heterocycles. The van der Waals surface area contributed by atoms with Crippen molar-refractivity contribution < 1.29 is 23.8 Å². The van der Waals surface area contributed by atoms with E-state index in [2.05, 4.69) is 74.2 Å². The number of unbranched alkanes of at least 4 members (excludes halogenated alkanes) is 15. The molecule has 5 nitrogen and oxygen atoms in total. The summed E-state index contributed by atoms with van der Waals surface area (Å²) in [4.78, 5) is 25.9. The van der Waals surface area contributed by atoms with Crippen molar-refractivity contribution in [2.24, 2.45) is 11.8 Å². The third-order valence-electron chi connectivity index (χ3n) is 10.3. The molecule has 1 rings (SSSR count). The summed E-state index contributed by atoms with van der Waals surface area (Å²) in [6.45, 7) is 19.1. The minimum atomic E-state index is -0.272. The van der Waals surface area contributed by atoms with E-state index in [4.69, 9.17) is 14.2 Å². The molecule has 0 radical (unpaired) electrons. The lowest BCUT2D eigenvalue weighted by Crippen LogP contribution is -2.38. The van der Waals surface area contributed by atoms with Crippen LogP contribution < -0.4 is 0 Å². The number of rotatable bonds is 29. The van der Waals surface area contributed by atoms with Gasteiger partial charge in [0.2, 0.25) is 0 Å². The van der Waals surface area contributed by atoms with E-state index in [1.807, 2.05) is 0 Å². The maximum atomic E-state index is 13.0. The van der Waals surface area contributed by atoms with Gasteiger partial charge in [-0.1, -0.05) is 117 Å². The monoisotopic (exact) mass is 717 g/mol. The van der Waals surface area contributed by atoms with Gasteiger partial charge in [-0.15, -0.1) is 5.92 Å². The highest BCUT2D eigenvalue weighted by Crippen LogP contribution is 2.36. The molecule has 298 valence electrons. The van der Waals surface area contributed by atoms with Crippen LogP contribution in [0.5, 0.6) is 0 Å². The molecule has 1 saturated carbocycles. The van der Waals surface area contributed by atoms with E-state index in [9.17, 15) is 9.59 Å². The van der Waals surface area contributed by atoms with Gasteiger partial charge in [-0.2, -0.15) is 0 Å². The van der Waals surface area contributed by atoms with Gasteiger partial charge in [-0.25, -0.2) is 0 Å². The molecule has 51 heavy (non-hydrogen) atoms. The van der Waals surface area contributed by atoms with Gasteiger partial charge in [-0.3, -0.25) is 9.59 Å². The van der Waals surface area contributed by atoms with Crippen LogP contribution in [0.4, 0.5) is 0 Å². The maximum Gasteiger partial charge on any atom is 0.306 e. The van der Waals surface area contributed by atoms with Crippen LogP contribution in [0.1, 0.15) is 229 Å². The van der Waals surface area contributed by atoms with Crippen LogP contribution in [0.2, 0.25) is 0 Å². The molecule has 1 aliphatic carbocycles. The van der Waals surface area contributed by atoms with Crippen LogP contribution in [0.3, 0.4) is 0 Å². The maximum absolute atomic E-state index is 13.0. The second-order valence-corrected chi connectivity index (χ2v) is 17.6. The van der Waals surface area contributed by atoms with Gasteiger partial charge in [0.05, 0.1) is 17.3 Å². The Balaban J connectivity index is 2.44. The number of Topliss-reactive ketones (excluding diaryl/α,β-unsaturated/α-hetero) is 1. The SMILES string of the molecule is CCCC#CC(CC[C@H]1CCC(=O)C1CCCCCCC(=O)OC(CCCCCCCCCCCCCC)C(CC)OC(C)(C)C)OC(C)(C)C. The summed E-state index contributed by atoms with van der Waals surface area (Å²) >= 11 is 0. The Morgan fingerprint density at radius 2 is 1.25 bits per heavy atom. The van der Waals surface area contributed by atoms with Gasteiger partial charge in [0.1, 0.15) is 18.0 Å². The summed E-state index contributed by atoms with van der Waals surface area (Å²) in [6.07, 6.45) is 28.1. The average Bonchev–Trinajstić information content (AvgIpc) is 3.41. The van der Waals surface area contributed by atoms with E-state index >= 15 is 0 Å². The molecule has 0 aromatic carbocycles. The lowest BCUT2D eigenvalue weighted by atomic mass is 9.86. The Kier molecular flexibility index (Phi) is 26.3. The fourth-order valence-corrected chi connectivity index (χ4v) is 7.58. The van der Waals surface area contributed by atoms with Crippen molar-refractivity contribution in [2.75, 3.05) is 0 Å². The quantitative estimate of drug-likeness (QED) is 0.0438. The molecule has 5 heteroatoms. The summed E-state index contributed by atoms with van der Waals surface area (Å²) in [5, 5.41) is 0. The number of hydrogen-bond acceptors (Lipinski definition) is 5. The van der Waals surface area contributed by atoms with Gasteiger partial charge in [-0.05, 0) is 105 Å². The Labute approximate surface area is 317 Å². The predicted octanol–water partition coefficient (Wildman–Crippen LogP) is 13.3. The van der Waals surface area contributed by atoms with Crippen LogP contribution in [0.15, 0.2) is 0 Å². The molecular weight excluding hydrogens is 633 g/mol. The van der Waals surface area contributed by atoms with E-state index < -0.39 is 0 Å². The smallest absolute Gasteiger partial charge is 0.306 e. The highest BCUT2D eigenvalue weighted by Gasteiger charge is 2.34. The molecule has 1 aliphatic rings. The Bertz CT molecular complexity index is 947. The topological polar surface area (TPSA) is 61.8 Å². The van der Waals surface area contributed by atoms with E-state index in [1.165, 1.54) is 70.6 Å². The summed E-state index contributed by atoms with van der Waals surface area (Å²) < 4.78 is 18.8. The highest BCUT2D eigenvalue weighted by molar-refractivity contribution is 5.83. The molecule has 0 bridgehead atoms. The van der Waals surface area contributed by atoms with E-state index in [0.717, 1.165) is 83.5 Å². The molecule has 0 aliphatic heterocycles. The second-order valence-electron chi connectivity index (χ2n) is 17.6. The molecule has 5 atom stereocenters. The number of hydrogen-bond donors (Lipinski definition) is 0. The van der Waals surface area contributed by atoms with Gasteiger partial charge in [0, 0.05) is 25.2 Å². The predicted molar refractivity (Wildman–Crippen MR) is 216 cm³/mol. The lowest BCUT2D eigenvalue weighted by Gasteiger charge is -2.32. The zero-order chi connectivity index (χ0) is 38.0. The van der Waals surface area contributed by atoms with Crippen LogP contribution in [0, 0.1) is 23.7 Å². The third-order valence-corrected chi connectivity index (χ3v) is 10.3. The fraction of sp³-hybridized carbons (Fsp3) is 0.913. The van der Waals surface area contributed by atoms with Crippen LogP contribution in [-0.4, -0.2) is 41.3 Å². The summed E-state index contributed by atoms with van der Waals surface area (Å²) in [5.74, 6) is 7.61. The first-order valence-electron chi connectivity index (χ1n) is 21.9. The zero-order valence-corrected chi connectivity index (χ0v) is 35.3. The summed E-state index contributed by atoms with van der Waals surface area (Å²) in [6, 6.07) is 0. The Hall–Kier alpha value is -1.38. The van der Waals surface area contributed by atoms with Gasteiger partial charge < -0.3 is 14.2 Å². The normalized spacial score (nSPS) is 18.3.